The first kappa shape index (κ1) is 15.1. The molecule has 112 valence electrons. The molecule has 0 radical (unpaired) electrons. The van der Waals surface area contributed by atoms with Gasteiger partial charge in [-0.15, -0.1) is 11.6 Å². The first-order valence-corrected chi connectivity index (χ1v) is 6.07. The highest BCUT2D eigenvalue weighted by atomic mass is 35.5. The van der Waals surface area contributed by atoms with Crippen LogP contribution >= 0.6 is 11.6 Å². The van der Waals surface area contributed by atoms with Gasteiger partial charge in [-0.1, -0.05) is 0 Å². The van der Waals surface area contributed by atoms with Gasteiger partial charge in [-0.25, -0.2) is 9.18 Å². The van der Waals surface area contributed by atoms with Crippen molar-refractivity contribution in [1.29, 1.82) is 0 Å². The number of aliphatic hydroxyl groups excluding tert-OH is 2. The van der Waals surface area contributed by atoms with Crippen LogP contribution in [0.5, 0.6) is 0 Å². The van der Waals surface area contributed by atoms with E-state index < -0.39 is 53.7 Å². The van der Waals surface area contributed by atoms with Gasteiger partial charge in [-0.2, -0.15) is 4.39 Å². The molecule has 1 aliphatic heterocycles. The van der Waals surface area contributed by atoms with Gasteiger partial charge in [0.1, 0.15) is 11.7 Å². The Morgan fingerprint density at radius 2 is 2.20 bits per heavy atom. The van der Waals surface area contributed by atoms with Gasteiger partial charge in [-0.05, 0) is 0 Å². The first-order valence-electron chi connectivity index (χ1n) is 5.54. The van der Waals surface area contributed by atoms with E-state index in [4.69, 9.17) is 16.3 Å². The van der Waals surface area contributed by atoms with Crippen LogP contribution < -0.4 is 11.2 Å². The third kappa shape index (κ3) is 2.16. The van der Waals surface area contributed by atoms with E-state index >= 15 is 0 Å². The zero-order valence-corrected chi connectivity index (χ0v) is 10.7. The number of nitrogens with one attached hydrogen (secondary N) is 1. The molecule has 0 unspecified atom stereocenters. The van der Waals surface area contributed by atoms with Crippen molar-refractivity contribution in [2.45, 2.75) is 24.1 Å². The number of nitrogens with zero attached hydrogens (tertiary/aromatic N) is 1. The minimum absolute atomic E-state index is 0.442. The van der Waals surface area contributed by atoms with E-state index in [0.29, 0.717) is 10.8 Å². The molecule has 3 N–H and O–H groups in total. The molecule has 20 heavy (non-hydrogen) atoms. The lowest BCUT2D eigenvalue weighted by molar-refractivity contribution is -0.115. The number of hydrogen-bond acceptors (Lipinski definition) is 5. The van der Waals surface area contributed by atoms with Crippen molar-refractivity contribution >= 4 is 11.6 Å². The Balaban J connectivity index is 2.47. The molecular weight excluding hydrogens is 302 g/mol. The zero-order valence-electron chi connectivity index (χ0n) is 9.92. The van der Waals surface area contributed by atoms with Crippen LogP contribution in [0.3, 0.4) is 0 Å². The predicted octanol–water partition coefficient (Wildman–Crippen LogP) is -1.13. The summed E-state index contributed by atoms with van der Waals surface area (Å²) in [4.78, 5) is 24.1. The fourth-order valence-corrected chi connectivity index (χ4v) is 2.27. The molecule has 0 spiro atoms. The number of aliphatic hydroxyl groups is 2. The van der Waals surface area contributed by atoms with Crippen LogP contribution in [-0.2, 0) is 4.74 Å². The van der Waals surface area contributed by atoms with Crippen LogP contribution in [0.4, 0.5) is 8.78 Å². The average molecular weight is 313 g/mol. The van der Waals surface area contributed by atoms with E-state index in [9.17, 15) is 28.6 Å². The normalized spacial score (nSPS) is 33.5. The minimum atomic E-state index is -2.14. The first-order chi connectivity index (χ1) is 9.36. The summed E-state index contributed by atoms with van der Waals surface area (Å²) in [6.45, 7) is -0.796. The molecule has 1 aliphatic rings. The Kier molecular flexibility index (Phi) is 3.96. The minimum Gasteiger partial charge on any atom is -0.393 e. The number of aromatic nitrogens is 2. The maximum absolute atomic E-state index is 14.0. The van der Waals surface area contributed by atoms with Crippen LogP contribution in [-0.4, -0.2) is 50.1 Å². The van der Waals surface area contributed by atoms with Crippen molar-refractivity contribution in [3.05, 3.63) is 32.9 Å². The smallest absolute Gasteiger partial charge is 0.330 e. The lowest BCUT2D eigenvalue weighted by atomic mass is 9.99. The summed E-state index contributed by atoms with van der Waals surface area (Å²) in [6, 6.07) is 0. The molecule has 1 aromatic rings. The molecule has 1 fully saturated rings. The summed E-state index contributed by atoms with van der Waals surface area (Å²) >= 11 is 5.54. The second-order valence-electron chi connectivity index (χ2n) is 4.40. The SMILES string of the molecule is O=c1[nH]c(=O)n([C@@H]2O[C@@](CO)(CCl)[C@@H](O)[C@@H]2F)cc1F. The standard InChI is InChI=1S/C10H11ClF2N2O5/c11-2-10(3-16)6(17)5(13)8(20-10)15-1-4(12)7(18)14-9(15)19/h1,5-6,8,16-17H,2-3H2,(H,14,18,19)/t5-,6-,8+,10+/m0/s1. The lowest BCUT2D eigenvalue weighted by Gasteiger charge is -2.26. The van der Waals surface area contributed by atoms with Crippen molar-refractivity contribution in [2.24, 2.45) is 0 Å². The highest BCUT2D eigenvalue weighted by molar-refractivity contribution is 6.18. The monoisotopic (exact) mass is 312 g/mol. The fourth-order valence-electron chi connectivity index (χ4n) is 1.96. The maximum atomic E-state index is 14.0. The number of ether oxygens (including phenoxy) is 1. The fraction of sp³-hybridized carbons (Fsp3) is 0.600. The summed E-state index contributed by atoms with van der Waals surface area (Å²) in [5.41, 5.74) is -4.18. The van der Waals surface area contributed by atoms with Crippen molar-refractivity contribution in [2.75, 3.05) is 12.5 Å². The highest BCUT2D eigenvalue weighted by Gasteiger charge is 2.55. The molecule has 4 atom stereocenters. The van der Waals surface area contributed by atoms with Gasteiger partial charge in [0.15, 0.2) is 12.4 Å². The van der Waals surface area contributed by atoms with Crippen LogP contribution in [0.15, 0.2) is 15.8 Å². The van der Waals surface area contributed by atoms with E-state index in [1.807, 2.05) is 0 Å². The Bertz CT molecular complexity index is 614. The second kappa shape index (κ2) is 5.24. The van der Waals surface area contributed by atoms with Crippen LogP contribution in [0, 0.1) is 5.82 Å². The molecule has 1 saturated heterocycles. The van der Waals surface area contributed by atoms with Gasteiger partial charge >= 0.3 is 5.69 Å². The predicted molar refractivity (Wildman–Crippen MR) is 62.8 cm³/mol. The molecule has 0 bridgehead atoms. The zero-order chi connectivity index (χ0) is 15.1. The molecule has 2 heterocycles. The van der Waals surface area contributed by atoms with Gasteiger partial charge in [0.25, 0.3) is 5.56 Å². The number of rotatable bonds is 3. The van der Waals surface area contributed by atoms with Crippen LogP contribution in [0.25, 0.3) is 0 Å². The quantitative estimate of drug-likeness (QED) is 0.613. The van der Waals surface area contributed by atoms with Gasteiger partial charge in [0.05, 0.1) is 18.7 Å². The molecule has 2 rings (SSSR count). The summed E-state index contributed by atoms with van der Waals surface area (Å²) in [7, 11) is 0. The molecular formula is C10H11ClF2N2O5. The van der Waals surface area contributed by atoms with E-state index in [0.717, 1.165) is 0 Å². The molecule has 10 heteroatoms. The van der Waals surface area contributed by atoms with Gasteiger partial charge in [0, 0.05) is 0 Å². The number of aromatic amines is 1. The maximum Gasteiger partial charge on any atom is 0.330 e. The molecule has 0 saturated carbocycles. The topological polar surface area (TPSA) is 105 Å². The largest absolute Gasteiger partial charge is 0.393 e. The number of hydrogen-bond donors (Lipinski definition) is 3. The third-order valence-electron chi connectivity index (χ3n) is 3.16. The van der Waals surface area contributed by atoms with Gasteiger partial charge in [0.2, 0.25) is 5.82 Å². The van der Waals surface area contributed by atoms with Crippen molar-refractivity contribution < 1.29 is 23.7 Å². The Morgan fingerprint density at radius 3 is 2.70 bits per heavy atom. The number of H-pyrrole nitrogens is 1. The van der Waals surface area contributed by atoms with Crippen molar-refractivity contribution in [1.82, 2.24) is 9.55 Å². The molecule has 7 nitrogen and oxygen atoms in total. The summed E-state index contributed by atoms with van der Waals surface area (Å²) < 4.78 is 32.8. The number of halogens is 3. The van der Waals surface area contributed by atoms with Crippen LogP contribution in [0.2, 0.25) is 0 Å². The summed E-state index contributed by atoms with van der Waals surface area (Å²) in [5.74, 6) is -1.76. The van der Waals surface area contributed by atoms with E-state index in [1.54, 1.807) is 4.98 Å². The average Bonchev–Trinajstić information content (AvgIpc) is 2.68. The van der Waals surface area contributed by atoms with Gasteiger partial charge < -0.3 is 14.9 Å². The molecule has 1 aromatic heterocycles. The van der Waals surface area contributed by atoms with Crippen molar-refractivity contribution in [3.63, 3.8) is 0 Å². The second-order valence-corrected chi connectivity index (χ2v) is 4.67. The Hall–Kier alpha value is -1.29. The summed E-state index contributed by atoms with van der Waals surface area (Å²) in [6.07, 6.45) is -5.19. The number of alkyl halides is 2. The van der Waals surface area contributed by atoms with E-state index in [-0.39, 0.29) is 0 Å². The Labute approximate surface area is 115 Å². The van der Waals surface area contributed by atoms with Crippen molar-refractivity contribution in [3.8, 4) is 0 Å². The molecule has 0 aliphatic carbocycles. The van der Waals surface area contributed by atoms with Crippen LogP contribution in [0.1, 0.15) is 6.23 Å². The highest BCUT2D eigenvalue weighted by Crippen LogP contribution is 2.38. The van der Waals surface area contributed by atoms with E-state index in [1.165, 1.54) is 0 Å². The molecule has 0 amide bonds. The lowest BCUT2D eigenvalue weighted by Crippen LogP contribution is -2.47. The van der Waals surface area contributed by atoms with E-state index in [2.05, 4.69) is 0 Å². The third-order valence-corrected chi connectivity index (χ3v) is 3.61. The van der Waals surface area contributed by atoms with Gasteiger partial charge in [-0.3, -0.25) is 14.3 Å². The Morgan fingerprint density at radius 1 is 1.55 bits per heavy atom. The summed E-state index contributed by atoms with van der Waals surface area (Å²) in [5, 5.41) is 18.9. The molecule has 0 aromatic carbocycles.